The lowest BCUT2D eigenvalue weighted by molar-refractivity contribution is 0.399. The molecule has 1 N–H and O–H groups in total. The molecular weight excluding hydrogens is 238 g/mol. The SMILES string of the molecule is COc1ccc2[nH]c(-c3cccc(C)c3C)nc2n1. The van der Waals surface area contributed by atoms with E-state index in [-0.39, 0.29) is 0 Å². The van der Waals surface area contributed by atoms with E-state index in [2.05, 4.69) is 40.9 Å². The van der Waals surface area contributed by atoms with E-state index >= 15 is 0 Å². The summed E-state index contributed by atoms with van der Waals surface area (Å²) in [6.07, 6.45) is 0. The van der Waals surface area contributed by atoms with Gasteiger partial charge < -0.3 is 9.72 Å². The topological polar surface area (TPSA) is 50.8 Å². The van der Waals surface area contributed by atoms with Crippen molar-refractivity contribution in [1.29, 1.82) is 0 Å². The molecule has 3 rings (SSSR count). The number of imidazole rings is 1. The predicted molar refractivity (Wildman–Crippen MR) is 75.4 cm³/mol. The molecular formula is C15H15N3O. The van der Waals surface area contributed by atoms with Crippen LogP contribution in [0.2, 0.25) is 0 Å². The molecule has 0 unspecified atom stereocenters. The van der Waals surface area contributed by atoms with Crippen molar-refractivity contribution in [1.82, 2.24) is 15.0 Å². The molecule has 96 valence electrons. The van der Waals surface area contributed by atoms with E-state index in [0.29, 0.717) is 11.5 Å². The number of nitrogens with one attached hydrogen (secondary N) is 1. The second-order valence-corrected chi connectivity index (χ2v) is 4.56. The number of rotatable bonds is 2. The lowest BCUT2D eigenvalue weighted by Gasteiger charge is -2.04. The van der Waals surface area contributed by atoms with Crippen LogP contribution >= 0.6 is 0 Å². The number of aromatic nitrogens is 3. The molecule has 19 heavy (non-hydrogen) atoms. The van der Waals surface area contributed by atoms with E-state index < -0.39 is 0 Å². The van der Waals surface area contributed by atoms with Gasteiger partial charge in [-0.2, -0.15) is 4.98 Å². The Morgan fingerprint density at radius 1 is 1.05 bits per heavy atom. The lowest BCUT2D eigenvalue weighted by Crippen LogP contribution is -1.88. The number of pyridine rings is 1. The minimum Gasteiger partial charge on any atom is -0.481 e. The number of hydrogen-bond donors (Lipinski definition) is 1. The first-order chi connectivity index (χ1) is 9.19. The molecule has 0 fully saturated rings. The molecule has 4 heteroatoms. The molecule has 1 aromatic carbocycles. The lowest BCUT2D eigenvalue weighted by atomic mass is 10.0. The number of fused-ring (bicyclic) bond motifs is 1. The molecule has 0 aliphatic rings. The number of hydrogen-bond acceptors (Lipinski definition) is 3. The first-order valence-electron chi connectivity index (χ1n) is 6.16. The molecule has 0 amide bonds. The van der Waals surface area contributed by atoms with Gasteiger partial charge in [0.1, 0.15) is 5.82 Å². The minimum absolute atomic E-state index is 0.575. The van der Waals surface area contributed by atoms with Crippen LogP contribution in [0, 0.1) is 13.8 Å². The van der Waals surface area contributed by atoms with Crippen LogP contribution in [-0.4, -0.2) is 22.1 Å². The van der Waals surface area contributed by atoms with Crippen molar-refractivity contribution in [2.24, 2.45) is 0 Å². The Morgan fingerprint density at radius 2 is 1.89 bits per heavy atom. The minimum atomic E-state index is 0.575. The Hall–Kier alpha value is -2.36. The Labute approximate surface area is 111 Å². The third-order valence-corrected chi connectivity index (χ3v) is 3.39. The molecule has 2 aromatic heterocycles. The van der Waals surface area contributed by atoms with Crippen LogP contribution in [0.4, 0.5) is 0 Å². The van der Waals surface area contributed by atoms with Gasteiger partial charge in [0.05, 0.1) is 12.6 Å². The van der Waals surface area contributed by atoms with E-state index in [1.165, 1.54) is 11.1 Å². The molecule has 2 heterocycles. The zero-order chi connectivity index (χ0) is 13.4. The molecule has 0 aliphatic carbocycles. The number of aryl methyl sites for hydroxylation is 1. The summed E-state index contributed by atoms with van der Waals surface area (Å²) in [5.41, 5.74) is 5.18. The second kappa shape index (κ2) is 4.39. The Kier molecular flexibility index (Phi) is 2.71. The third-order valence-electron chi connectivity index (χ3n) is 3.39. The van der Waals surface area contributed by atoms with Crippen molar-refractivity contribution in [2.45, 2.75) is 13.8 Å². The first kappa shape index (κ1) is 11.7. The standard InChI is InChI=1S/C15H15N3O/c1-9-5-4-6-11(10(9)2)14-16-12-7-8-13(19-3)17-15(12)18-14/h4-8H,1-3H3,(H,16,17,18). The number of methoxy groups -OCH3 is 1. The second-order valence-electron chi connectivity index (χ2n) is 4.56. The molecule has 0 atom stereocenters. The normalized spacial score (nSPS) is 10.9. The maximum Gasteiger partial charge on any atom is 0.215 e. The predicted octanol–water partition coefficient (Wildman–Crippen LogP) is 3.25. The van der Waals surface area contributed by atoms with E-state index in [9.17, 15) is 0 Å². The number of H-pyrrole nitrogens is 1. The van der Waals surface area contributed by atoms with Crippen molar-refractivity contribution in [3.8, 4) is 17.3 Å². The quantitative estimate of drug-likeness (QED) is 0.762. The van der Waals surface area contributed by atoms with Gasteiger partial charge in [-0.05, 0) is 31.0 Å². The van der Waals surface area contributed by atoms with Gasteiger partial charge in [-0.3, -0.25) is 0 Å². The maximum atomic E-state index is 5.12. The Bertz CT molecular complexity index is 746. The van der Waals surface area contributed by atoms with Gasteiger partial charge in [0.25, 0.3) is 0 Å². The molecule has 0 saturated carbocycles. The summed E-state index contributed by atoms with van der Waals surface area (Å²) in [4.78, 5) is 12.2. The summed E-state index contributed by atoms with van der Waals surface area (Å²) in [7, 11) is 1.60. The largest absolute Gasteiger partial charge is 0.481 e. The fourth-order valence-electron chi connectivity index (χ4n) is 2.12. The van der Waals surface area contributed by atoms with Crippen LogP contribution < -0.4 is 4.74 Å². The van der Waals surface area contributed by atoms with Crippen LogP contribution in [0.15, 0.2) is 30.3 Å². The highest BCUT2D eigenvalue weighted by atomic mass is 16.5. The molecule has 0 bridgehead atoms. The van der Waals surface area contributed by atoms with Crippen LogP contribution in [0.5, 0.6) is 5.88 Å². The zero-order valence-electron chi connectivity index (χ0n) is 11.2. The third kappa shape index (κ3) is 1.95. The van der Waals surface area contributed by atoms with Crippen LogP contribution in [-0.2, 0) is 0 Å². The van der Waals surface area contributed by atoms with Crippen molar-refractivity contribution < 1.29 is 4.74 Å². The van der Waals surface area contributed by atoms with Gasteiger partial charge in [-0.25, -0.2) is 4.98 Å². The fraction of sp³-hybridized carbons (Fsp3) is 0.200. The van der Waals surface area contributed by atoms with Gasteiger partial charge in [-0.1, -0.05) is 18.2 Å². The number of nitrogens with zero attached hydrogens (tertiary/aromatic N) is 2. The fourth-order valence-corrected chi connectivity index (χ4v) is 2.12. The summed E-state index contributed by atoms with van der Waals surface area (Å²) in [5.74, 6) is 1.42. The van der Waals surface area contributed by atoms with E-state index in [0.717, 1.165) is 16.9 Å². The molecule has 0 spiro atoms. The van der Waals surface area contributed by atoms with Crippen LogP contribution in [0.25, 0.3) is 22.6 Å². The highest BCUT2D eigenvalue weighted by molar-refractivity contribution is 5.77. The molecule has 0 saturated heterocycles. The average molecular weight is 253 g/mol. The maximum absolute atomic E-state index is 5.12. The van der Waals surface area contributed by atoms with Gasteiger partial charge >= 0.3 is 0 Å². The number of benzene rings is 1. The highest BCUT2D eigenvalue weighted by Gasteiger charge is 2.10. The smallest absolute Gasteiger partial charge is 0.215 e. The number of aromatic amines is 1. The summed E-state index contributed by atoms with van der Waals surface area (Å²) in [5, 5.41) is 0. The van der Waals surface area contributed by atoms with E-state index in [1.807, 2.05) is 18.2 Å². The zero-order valence-corrected chi connectivity index (χ0v) is 11.2. The molecule has 3 aromatic rings. The van der Waals surface area contributed by atoms with Gasteiger partial charge in [0.2, 0.25) is 5.88 Å². The van der Waals surface area contributed by atoms with Crippen LogP contribution in [0.1, 0.15) is 11.1 Å². The number of ether oxygens (including phenoxy) is 1. The Morgan fingerprint density at radius 3 is 2.68 bits per heavy atom. The van der Waals surface area contributed by atoms with Crippen molar-refractivity contribution in [3.05, 3.63) is 41.5 Å². The molecule has 0 aliphatic heterocycles. The molecule has 4 nitrogen and oxygen atoms in total. The summed E-state index contributed by atoms with van der Waals surface area (Å²) < 4.78 is 5.12. The van der Waals surface area contributed by atoms with E-state index in [4.69, 9.17) is 4.74 Å². The summed E-state index contributed by atoms with van der Waals surface area (Å²) >= 11 is 0. The van der Waals surface area contributed by atoms with Gasteiger partial charge in [0.15, 0.2) is 5.65 Å². The summed E-state index contributed by atoms with van der Waals surface area (Å²) in [6, 6.07) is 9.97. The average Bonchev–Trinajstić information content (AvgIpc) is 2.84. The van der Waals surface area contributed by atoms with Crippen molar-refractivity contribution in [2.75, 3.05) is 7.11 Å². The van der Waals surface area contributed by atoms with Crippen molar-refractivity contribution in [3.63, 3.8) is 0 Å². The summed E-state index contributed by atoms with van der Waals surface area (Å²) in [6.45, 7) is 4.20. The van der Waals surface area contributed by atoms with Gasteiger partial charge in [-0.15, -0.1) is 0 Å². The molecule has 0 radical (unpaired) electrons. The van der Waals surface area contributed by atoms with Gasteiger partial charge in [0, 0.05) is 11.6 Å². The van der Waals surface area contributed by atoms with Crippen molar-refractivity contribution >= 4 is 11.2 Å². The highest BCUT2D eigenvalue weighted by Crippen LogP contribution is 2.25. The Balaban J connectivity index is 2.18. The van der Waals surface area contributed by atoms with E-state index in [1.54, 1.807) is 7.11 Å². The first-order valence-corrected chi connectivity index (χ1v) is 6.16. The van der Waals surface area contributed by atoms with Crippen LogP contribution in [0.3, 0.4) is 0 Å². The monoisotopic (exact) mass is 253 g/mol.